The fraction of sp³-hybridized carbons (Fsp3) is 0.222. The van der Waals surface area contributed by atoms with E-state index in [1.807, 2.05) is 37.3 Å². The minimum absolute atomic E-state index is 0. The first kappa shape index (κ1) is 35.3. The number of anilines is 1. The number of benzene rings is 3. The van der Waals surface area contributed by atoms with Crippen LogP contribution in [0.1, 0.15) is 35.5 Å². The molecular weight excluding hydrogens is 619 g/mol. The van der Waals surface area contributed by atoms with Gasteiger partial charge in [0.1, 0.15) is 0 Å². The van der Waals surface area contributed by atoms with Gasteiger partial charge in [0.05, 0.1) is 22.2 Å². The van der Waals surface area contributed by atoms with Crippen LogP contribution in [-0.2, 0) is 26.1 Å². The van der Waals surface area contributed by atoms with Crippen molar-refractivity contribution < 1.29 is 65.9 Å². The number of aromatic nitrogens is 1. The normalized spacial score (nSPS) is 14.5. The first-order valence-electron chi connectivity index (χ1n) is 11.3. The van der Waals surface area contributed by atoms with E-state index < -0.39 is 32.0 Å². The SMILES string of the molecule is C.C.CCC(=Cc1oc2ccc3ccccc3c2[n+]1CS(=O)(=O)[O-])C=C1Sc2ccc(Cl)cc2N1CS(=O)(=O)O.[H-].[Na+]. The fourth-order valence-corrected chi connectivity index (χ4v) is 6.85. The molecule has 41 heavy (non-hydrogen) atoms. The number of hydrogen-bond donors (Lipinski definition) is 1. The summed E-state index contributed by atoms with van der Waals surface area (Å²) in [6, 6.07) is 16.0. The predicted molar refractivity (Wildman–Crippen MR) is 161 cm³/mol. The largest absolute Gasteiger partial charge is 1.00 e. The molecule has 9 nitrogen and oxygen atoms in total. The van der Waals surface area contributed by atoms with Crippen molar-refractivity contribution in [3.8, 4) is 0 Å². The van der Waals surface area contributed by atoms with Crippen LogP contribution in [0.25, 0.3) is 27.9 Å². The molecule has 1 aliphatic heterocycles. The number of thioether (sulfide) groups is 1. The quantitative estimate of drug-likeness (QED) is 0.182. The van der Waals surface area contributed by atoms with Crippen LogP contribution < -0.4 is 39.0 Å². The van der Waals surface area contributed by atoms with Crippen molar-refractivity contribution >= 4 is 77.2 Å². The summed E-state index contributed by atoms with van der Waals surface area (Å²) in [5.41, 5.74) is 2.07. The van der Waals surface area contributed by atoms with Gasteiger partial charge in [0.15, 0.2) is 16.0 Å². The molecule has 216 valence electrons. The molecule has 0 bridgehead atoms. The Morgan fingerprint density at radius 3 is 2.51 bits per heavy atom. The molecule has 0 unspecified atom stereocenters. The molecule has 1 aliphatic rings. The summed E-state index contributed by atoms with van der Waals surface area (Å²) in [5.74, 6) is -1.36. The van der Waals surface area contributed by atoms with E-state index in [0.717, 1.165) is 15.7 Å². The smallest absolute Gasteiger partial charge is 1.00 e. The summed E-state index contributed by atoms with van der Waals surface area (Å²) < 4.78 is 76.0. The number of hydrogen-bond acceptors (Lipinski definition) is 8. The molecule has 0 saturated carbocycles. The Kier molecular flexibility index (Phi) is 11.7. The molecule has 0 atom stereocenters. The van der Waals surface area contributed by atoms with E-state index >= 15 is 0 Å². The second kappa shape index (κ2) is 13.6. The van der Waals surface area contributed by atoms with Gasteiger partial charge in [-0.2, -0.15) is 8.42 Å². The third-order valence-electron chi connectivity index (χ3n) is 5.91. The standard InChI is InChI=1S/C25H21ClN2O7S3.2CH4.Na.H/c1-2-16(12-24-27(14-37(29,30)31)20-13-18(26)8-10-22(20)36-24)11-23-28(15-38(32,33)34)25-19-6-4-3-5-17(19)7-9-21(25)35-23;;;;/h3-13H,2,14-15H2,1H3,(H-,29,30,31,32,33,34);2*1H4;;/q;;;+1;-1. The van der Waals surface area contributed by atoms with E-state index in [1.165, 1.54) is 21.2 Å². The second-order valence-electron chi connectivity index (χ2n) is 8.60. The molecule has 0 saturated heterocycles. The molecule has 0 aliphatic carbocycles. The summed E-state index contributed by atoms with van der Waals surface area (Å²) in [6.45, 7) is 1.87. The Morgan fingerprint density at radius 1 is 1.15 bits per heavy atom. The molecule has 14 heteroatoms. The van der Waals surface area contributed by atoms with E-state index in [2.05, 4.69) is 0 Å². The minimum atomic E-state index is -4.68. The van der Waals surface area contributed by atoms with E-state index in [1.54, 1.807) is 36.4 Å². The summed E-state index contributed by atoms with van der Waals surface area (Å²) >= 11 is 7.43. The average molecular weight is 649 g/mol. The van der Waals surface area contributed by atoms with Crippen LogP contribution in [0.2, 0.25) is 5.02 Å². The Labute approximate surface area is 273 Å². The number of allylic oxidation sites excluding steroid dienone is 2. The van der Waals surface area contributed by atoms with Gasteiger partial charge >= 0.3 is 35.4 Å². The maximum Gasteiger partial charge on any atom is 1.00 e. The minimum Gasteiger partial charge on any atom is -1.00 e. The number of oxazole rings is 1. The second-order valence-corrected chi connectivity index (χ2v) is 12.9. The van der Waals surface area contributed by atoms with Crippen LogP contribution in [0, 0.1) is 0 Å². The van der Waals surface area contributed by atoms with E-state index in [0.29, 0.717) is 38.8 Å². The van der Waals surface area contributed by atoms with Gasteiger partial charge in [0.2, 0.25) is 11.5 Å². The molecule has 4 aromatic rings. The number of nitrogens with zero attached hydrogens (tertiary/aromatic N) is 2. The number of rotatable bonds is 7. The van der Waals surface area contributed by atoms with Crippen LogP contribution in [0.3, 0.4) is 0 Å². The van der Waals surface area contributed by atoms with Crippen molar-refractivity contribution in [2.24, 2.45) is 0 Å². The van der Waals surface area contributed by atoms with Crippen molar-refractivity contribution in [2.75, 3.05) is 10.8 Å². The van der Waals surface area contributed by atoms with Crippen LogP contribution in [0.15, 0.2) is 80.6 Å². The Hall–Kier alpha value is -1.87. The summed E-state index contributed by atoms with van der Waals surface area (Å²) in [6.07, 6.45) is 3.81. The van der Waals surface area contributed by atoms with Crippen LogP contribution >= 0.6 is 23.4 Å². The zero-order valence-corrected chi connectivity index (χ0v) is 26.1. The van der Waals surface area contributed by atoms with E-state index in [9.17, 15) is 25.9 Å². The van der Waals surface area contributed by atoms with Crippen LogP contribution in [-0.4, -0.2) is 31.8 Å². The monoisotopic (exact) mass is 648 g/mol. The van der Waals surface area contributed by atoms with Crippen LogP contribution in [0.4, 0.5) is 5.69 Å². The summed E-state index contributed by atoms with van der Waals surface area (Å²) in [4.78, 5) is 2.19. The molecule has 0 spiro atoms. The molecule has 3 aromatic carbocycles. The number of halogens is 1. The third-order valence-corrected chi connectivity index (χ3v) is 8.42. The van der Waals surface area contributed by atoms with Crippen molar-refractivity contribution in [3.63, 3.8) is 0 Å². The van der Waals surface area contributed by atoms with Gasteiger partial charge in [-0.25, -0.2) is 8.42 Å². The predicted octanol–water partition coefficient (Wildman–Crippen LogP) is 3.51. The van der Waals surface area contributed by atoms with Gasteiger partial charge < -0.3 is 15.3 Å². The maximum atomic E-state index is 11.8. The summed E-state index contributed by atoms with van der Waals surface area (Å²) in [7, 11) is -9.05. The maximum absolute atomic E-state index is 11.8. The molecule has 2 heterocycles. The van der Waals surface area contributed by atoms with Crippen molar-refractivity contribution in [2.45, 2.75) is 39.0 Å². The third kappa shape index (κ3) is 7.95. The van der Waals surface area contributed by atoms with Crippen molar-refractivity contribution in [3.05, 3.63) is 82.2 Å². The molecule has 0 fully saturated rings. The topological polar surface area (TPSA) is 132 Å². The van der Waals surface area contributed by atoms with Gasteiger partial charge in [0.25, 0.3) is 15.6 Å². The molecule has 1 aromatic heterocycles. The van der Waals surface area contributed by atoms with Gasteiger partial charge in [0, 0.05) is 9.92 Å². The zero-order valence-electron chi connectivity index (χ0n) is 21.9. The van der Waals surface area contributed by atoms with Crippen molar-refractivity contribution in [1.82, 2.24) is 0 Å². The first-order valence-corrected chi connectivity index (χ1v) is 15.7. The summed E-state index contributed by atoms with van der Waals surface area (Å²) in [5, 5.41) is 2.50. The fourth-order valence-electron chi connectivity index (χ4n) is 4.31. The zero-order chi connectivity index (χ0) is 27.2. The first-order chi connectivity index (χ1) is 17.9. The molecule has 0 radical (unpaired) electrons. The Bertz CT molecular complexity index is 1880. The molecule has 5 rings (SSSR count). The Morgan fingerprint density at radius 2 is 1.85 bits per heavy atom. The van der Waals surface area contributed by atoms with Gasteiger partial charge in [-0.1, -0.05) is 69.4 Å². The molecule has 0 amide bonds. The van der Waals surface area contributed by atoms with Crippen LogP contribution in [0.5, 0.6) is 0 Å². The van der Waals surface area contributed by atoms with Gasteiger partial charge in [-0.05, 0) is 53.8 Å². The Balaban J connectivity index is 0.00000220. The number of fused-ring (bicyclic) bond motifs is 4. The molecular formula is C27H30ClN2NaO7S3. The van der Waals surface area contributed by atoms with E-state index in [4.69, 9.17) is 16.0 Å². The molecule has 1 N–H and O–H groups in total. The van der Waals surface area contributed by atoms with Gasteiger partial charge in [-0.15, -0.1) is 4.57 Å². The van der Waals surface area contributed by atoms with Crippen molar-refractivity contribution in [1.29, 1.82) is 0 Å². The van der Waals surface area contributed by atoms with E-state index in [-0.39, 0.29) is 51.7 Å². The van der Waals surface area contributed by atoms with Gasteiger partial charge in [-0.3, -0.25) is 4.55 Å². The average Bonchev–Trinajstić information content (AvgIpc) is 3.34.